The molecular formula is C8H12N2O5. The third kappa shape index (κ3) is 1.50. The summed E-state index contributed by atoms with van der Waals surface area (Å²) in [7, 11) is 0. The standard InChI is InChI=1S/C8H12N2O5/c1-3-8(2)6(13)10(15-5-12)7(14)9(8)4-11/h3,11-12H,1,4-5H2,2H3. The van der Waals surface area contributed by atoms with Crippen LogP contribution in [0.3, 0.4) is 0 Å². The van der Waals surface area contributed by atoms with E-state index < -0.39 is 31.0 Å². The van der Waals surface area contributed by atoms with Crippen molar-refractivity contribution >= 4 is 11.9 Å². The van der Waals surface area contributed by atoms with Crippen LogP contribution in [0.4, 0.5) is 4.79 Å². The van der Waals surface area contributed by atoms with Gasteiger partial charge in [0.05, 0.1) is 0 Å². The van der Waals surface area contributed by atoms with Gasteiger partial charge in [0.25, 0.3) is 5.91 Å². The maximum absolute atomic E-state index is 11.7. The van der Waals surface area contributed by atoms with E-state index in [2.05, 4.69) is 11.4 Å². The Balaban J connectivity index is 3.07. The monoisotopic (exact) mass is 216 g/mol. The van der Waals surface area contributed by atoms with Crippen LogP contribution in [0.2, 0.25) is 0 Å². The predicted octanol–water partition coefficient (Wildman–Crippen LogP) is -0.974. The fourth-order valence-electron chi connectivity index (χ4n) is 1.29. The Labute approximate surface area is 86.1 Å². The molecule has 1 fully saturated rings. The Morgan fingerprint density at radius 1 is 1.53 bits per heavy atom. The molecule has 1 rings (SSSR count). The van der Waals surface area contributed by atoms with Gasteiger partial charge in [-0.1, -0.05) is 6.08 Å². The van der Waals surface area contributed by atoms with Crippen LogP contribution in [0, 0.1) is 0 Å². The number of rotatable bonds is 4. The van der Waals surface area contributed by atoms with Crippen LogP contribution < -0.4 is 0 Å². The predicted molar refractivity (Wildman–Crippen MR) is 47.9 cm³/mol. The van der Waals surface area contributed by atoms with Crippen molar-refractivity contribution in [1.82, 2.24) is 9.96 Å². The number of hydrogen-bond acceptors (Lipinski definition) is 5. The van der Waals surface area contributed by atoms with Crippen molar-refractivity contribution in [3.63, 3.8) is 0 Å². The largest absolute Gasteiger partial charge is 0.376 e. The van der Waals surface area contributed by atoms with Crippen LogP contribution in [-0.2, 0) is 9.63 Å². The second kappa shape index (κ2) is 3.97. The molecule has 7 nitrogen and oxygen atoms in total. The second-order valence-corrected chi connectivity index (χ2v) is 3.06. The average molecular weight is 216 g/mol. The van der Waals surface area contributed by atoms with E-state index in [1.165, 1.54) is 13.0 Å². The molecule has 0 radical (unpaired) electrons. The van der Waals surface area contributed by atoms with E-state index in [-0.39, 0.29) is 0 Å². The molecule has 1 heterocycles. The molecule has 1 atom stereocenters. The number of amides is 3. The molecule has 0 saturated carbocycles. The van der Waals surface area contributed by atoms with Crippen molar-refractivity contribution in [2.75, 3.05) is 13.5 Å². The van der Waals surface area contributed by atoms with E-state index in [4.69, 9.17) is 10.2 Å². The fourth-order valence-corrected chi connectivity index (χ4v) is 1.29. The highest BCUT2D eigenvalue weighted by atomic mass is 16.8. The van der Waals surface area contributed by atoms with Gasteiger partial charge >= 0.3 is 6.03 Å². The van der Waals surface area contributed by atoms with Gasteiger partial charge in [-0.25, -0.2) is 9.63 Å². The molecule has 0 aromatic heterocycles. The van der Waals surface area contributed by atoms with Gasteiger partial charge in [-0.2, -0.15) is 0 Å². The van der Waals surface area contributed by atoms with Crippen LogP contribution in [0.5, 0.6) is 0 Å². The number of hydroxylamine groups is 2. The minimum absolute atomic E-state index is 0.401. The molecule has 3 amide bonds. The lowest BCUT2D eigenvalue weighted by molar-refractivity contribution is -0.187. The van der Waals surface area contributed by atoms with Crippen LogP contribution in [0.25, 0.3) is 0 Å². The lowest BCUT2D eigenvalue weighted by Crippen LogP contribution is -2.45. The zero-order chi connectivity index (χ0) is 11.6. The summed E-state index contributed by atoms with van der Waals surface area (Å²) in [5.74, 6) is -0.703. The molecular weight excluding hydrogens is 204 g/mol. The molecule has 1 unspecified atom stereocenters. The molecule has 0 aliphatic carbocycles. The Hall–Kier alpha value is -1.44. The van der Waals surface area contributed by atoms with Crippen LogP contribution >= 0.6 is 0 Å². The first-order valence-corrected chi connectivity index (χ1v) is 4.17. The second-order valence-electron chi connectivity index (χ2n) is 3.06. The summed E-state index contributed by atoms with van der Waals surface area (Å²) < 4.78 is 0. The molecule has 15 heavy (non-hydrogen) atoms. The molecule has 1 aliphatic heterocycles. The van der Waals surface area contributed by atoms with Crippen molar-refractivity contribution in [2.45, 2.75) is 12.5 Å². The highest BCUT2D eigenvalue weighted by Crippen LogP contribution is 2.28. The fraction of sp³-hybridized carbons (Fsp3) is 0.500. The lowest BCUT2D eigenvalue weighted by Gasteiger charge is -2.25. The van der Waals surface area contributed by atoms with Crippen molar-refractivity contribution in [1.29, 1.82) is 0 Å². The summed E-state index contributed by atoms with van der Waals surface area (Å²) in [6.07, 6.45) is 1.23. The molecule has 2 N–H and O–H groups in total. The van der Waals surface area contributed by atoms with E-state index >= 15 is 0 Å². The Bertz CT molecular complexity index is 305. The highest BCUT2D eigenvalue weighted by Gasteiger charge is 2.53. The molecule has 0 aromatic rings. The SMILES string of the molecule is C=CC1(C)C(=O)N(OCO)C(=O)N1CO. The smallest absolute Gasteiger partial charge is 0.354 e. The quantitative estimate of drug-likeness (QED) is 0.358. The average Bonchev–Trinajstić information content (AvgIpc) is 2.41. The van der Waals surface area contributed by atoms with Gasteiger partial charge in [0, 0.05) is 0 Å². The number of urea groups is 1. The number of aliphatic hydroxyl groups is 2. The van der Waals surface area contributed by atoms with E-state index in [1.54, 1.807) is 0 Å². The minimum Gasteiger partial charge on any atom is -0.376 e. The van der Waals surface area contributed by atoms with E-state index in [0.717, 1.165) is 4.90 Å². The molecule has 84 valence electrons. The third-order valence-electron chi connectivity index (χ3n) is 2.31. The number of carbonyl (C=O) groups excluding carboxylic acids is 2. The molecule has 1 saturated heterocycles. The summed E-state index contributed by atoms with van der Waals surface area (Å²) in [5, 5.41) is 17.9. The number of aliphatic hydroxyl groups excluding tert-OH is 2. The van der Waals surface area contributed by atoms with Gasteiger partial charge < -0.3 is 10.2 Å². The summed E-state index contributed by atoms with van der Waals surface area (Å²) in [6, 6.07) is -0.834. The normalized spacial score (nSPS) is 26.3. The Morgan fingerprint density at radius 2 is 2.13 bits per heavy atom. The van der Waals surface area contributed by atoms with Gasteiger partial charge in [0.15, 0.2) is 6.79 Å². The van der Waals surface area contributed by atoms with Crippen LogP contribution in [0.15, 0.2) is 12.7 Å². The maximum atomic E-state index is 11.7. The number of carbonyl (C=O) groups is 2. The summed E-state index contributed by atoms with van der Waals surface area (Å²) in [4.78, 5) is 28.5. The molecule has 0 spiro atoms. The Kier molecular flexibility index (Phi) is 3.08. The number of hydrogen-bond donors (Lipinski definition) is 2. The molecule has 0 aromatic carbocycles. The van der Waals surface area contributed by atoms with Crippen molar-refractivity contribution in [2.24, 2.45) is 0 Å². The van der Waals surface area contributed by atoms with Gasteiger partial charge in [-0.15, -0.1) is 11.6 Å². The number of imide groups is 1. The summed E-state index contributed by atoms with van der Waals surface area (Å²) in [6.45, 7) is 3.39. The van der Waals surface area contributed by atoms with Crippen molar-refractivity contribution in [3.05, 3.63) is 12.7 Å². The zero-order valence-corrected chi connectivity index (χ0v) is 8.21. The number of nitrogens with zero attached hydrogens (tertiary/aromatic N) is 2. The highest BCUT2D eigenvalue weighted by molar-refractivity contribution is 6.06. The lowest BCUT2D eigenvalue weighted by atomic mass is 10.0. The Morgan fingerprint density at radius 3 is 2.47 bits per heavy atom. The van der Waals surface area contributed by atoms with Gasteiger partial charge in [-0.05, 0) is 6.92 Å². The van der Waals surface area contributed by atoms with Gasteiger partial charge in [0.1, 0.15) is 12.3 Å². The van der Waals surface area contributed by atoms with Crippen LogP contribution in [-0.4, -0.2) is 51.2 Å². The van der Waals surface area contributed by atoms with Gasteiger partial charge in [0.2, 0.25) is 0 Å². The van der Waals surface area contributed by atoms with Crippen molar-refractivity contribution in [3.8, 4) is 0 Å². The van der Waals surface area contributed by atoms with Crippen molar-refractivity contribution < 1.29 is 24.6 Å². The molecule has 1 aliphatic rings. The first-order chi connectivity index (χ1) is 7.02. The van der Waals surface area contributed by atoms with Crippen LogP contribution in [0.1, 0.15) is 6.92 Å². The van der Waals surface area contributed by atoms with E-state index in [9.17, 15) is 9.59 Å². The maximum Gasteiger partial charge on any atom is 0.354 e. The summed E-state index contributed by atoms with van der Waals surface area (Å²) >= 11 is 0. The zero-order valence-electron chi connectivity index (χ0n) is 8.21. The first-order valence-electron chi connectivity index (χ1n) is 4.17. The van der Waals surface area contributed by atoms with E-state index in [0.29, 0.717) is 5.06 Å². The minimum atomic E-state index is -1.35. The first kappa shape index (κ1) is 11.6. The molecule has 7 heteroatoms. The molecule has 0 bridgehead atoms. The van der Waals surface area contributed by atoms with E-state index in [1.807, 2.05) is 0 Å². The summed E-state index contributed by atoms with van der Waals surface area (Å²) in [5.41, 5.74) is -1.35. The van der Waals surface area contributed by atoms with Gasteiger partial charge in [-0.3, -0.25) is 9.69 Å². The topological polar surface area (TPSA) is 90.3 Å². The third-order valence-corrected chi connectivity index (χ3v) is 2.31.